The summed E-state index contributed by atoms with van der Waals surface area (Å²) in [4.78, 5) is 10.5. The first kappa shape index (κ1) is 11.8. The number of alkyl halides is 3. The van der Waals surface area contributed by atoms with Crippen LogP contribution in [-0.4, -0.2) is 11.2 Å². The fraction of sp³-hybridized carbons (Fsp3) is 0.125. The molecule has 0 fully saturated rings. The predicted molar refractivity (Wildman–Crippen MR) is 50.9 cm³/mol. The van der Waals surface area contributed by atoms with Crippen molar-refractivity contribution in [2.45, 2.75) is 6.18 Å². The molecule has 0 spiro atoms. The summed E-state index contributed by atoms with van der Waals surface area (Å²) in [5.74, 6) is 0. The lowest BCUT2D eigenvalue weighted by Crippen LogP contribution is -2.17. The molecule has 0 radical (unpaired) electrons. The highest BCUT2D eigenvalue weighted by molar-refractivity contribution is 9.10. The van der Waals surface area contributed by atoms with Crippen molar-refractivity contribution < 1.29 is 23.1 Å². The summed E-state index contributed by atoms with van der Waals surface area (Å²) in [5, 5.41) is 8.53. The third-order valence-corrected chi connectivity index (χ3v) is 2.28. The van der Waals surface area contributed by atoms with Crippen LogP contribution in [0.3, 0.4) is 0 Å². The fourth-order valence-electron chi connectivity index (χ4n) is 0.915. The molecule has 0 aliphatic heterocycles. The van der Waals surface area contributed by atoms with Crippen molar-refractivity contribution in [3.63, 3.8) is 0 Å². The number of anilines is 1. The second-order valence-electron chi connectivity index (χ2n) is 2.61. The van der Waals surface area contributed by atoms with Gasteiger partial charge in [0.15, 0.2) is 0 Å². The minimum absolute atomic E-state index is 0.0997. The Bertz CT molecular complexity index is 380. The third-order valence-electron chi connectivity index (χ3n) is 1.57. The third kappa shape index (κ3) is 2.85. The molecule has 0 saturated carbocycles. The summed E-state index contributed by atoms with van der Waals surface area (Å²) in [6, 6.07) is 3.99. The van der Waals surface area contributed by atoms with Crippen molar-refractivity contribution in [2.75, 3.05) is 3.93 Å². The van der Waals surface area contributed by atoms with Gasteiger partial charge in [-0.3, -0.25) is 0 Å². The molecule has 1 aromatic rings. The van der Waals surface area contributed by atoms with E-state index in [1.165, 1.54) is 6.07 Å². The van der Waals surface area contributed by atoms with Gasteiger partial charge in [-0.25, -0.2) is 8.72 Å². The van der Waals surface area contributed by atoms with Gasteiger partial charge in [0.05, 0.1) is 27.4 Å². The SMILES string of the molecule is O=C(O)N(Br)c1cccc(C(F)(F)F)c1. The van der Waals surface area contributed by atoms with Gasteiger partial charge in [-0.1, -0.05) is 6.07 Å². The van der Waals surface area contributed by atoms with Gasteiger partial charge in [-0.05, 0) is 18.2 Å². The van der Waals surface area contributed by atoms with E-state index in [1.54, 1.807) is 0 Å². The number of benzene rings is 1. The first-order valence-electron chi connectivity index (χ1n) is 3.68. The van der Waals surface area contributed by atoms with Crippen LogP contribution in [0.15, 0.2) is 24.3 Å². The molecule has 3 nitrogen and oxygen atoms in total. The zero-order valence-corrected chi connectivity index (χ0v) is 8.71. The molecule has 82 valence electrons. The molecule has 0 unspecified atom stereocenters. The molecule has 15 heavy (non-hydrogen) atoms. The Balaban J connectivity index is 3.08. The summed E-state index contributed by atoms with van der Waals surface area (Å²) < 4.78 is 37.3. The second kappa shape index (κ2) is 4.09. The first-order valence-corrected chi connectivity index (χ1v) is 4.39. The zero-order valence-electron chi connectivity index (χ0n) is 7.12. The maximum atomic E-state index is 12.3. The molecule has 0 heterocycles. The van der Waals surface area contributed by atoms with Crippen molar-refractivity contribution in [3.8, 4) is 0 Å². The highest BCUT2D eigenvalue weighted by Gasteiger charge is 2.31. The molecular weight excluding hydrogens is 279 g/mol. The Morgan fingerprint density at radius 3 is 2.47 bits per heavy atom. The standard InChI is InChI=1S/C8H5BrF3NO2/c9-13(7(14)15)6-3-1-2-5(4-6)8(10,11)12/h1-4H,(H,14,15). The lowest BCUT2D eigenvalue weighted by atomic mass is 10.2. The zero-order chi connectivity index (χ0) is 11.6. The van der Waals surface area contributed by atoms with Crippen LogP contribution < -0.4 is 3.93 Å². The van der Waals surface area contributed by atoms with Crippen LogP contribution in [0.1, 0.15) is 5.56 Å². The maximum absolute atomic E-state index is 12.3. The van der Waals surface area contributed by atoms with Gasteiger partial charge < -0.3 is 5.11 Å². The van der Waals surface area contributed by atoms with Crippen molar-refractivity contribution in [3.05, 3.63) is 29.8 Å². The van der Waals surface area contributed by atoms with Gasteiger partial charge in [0.2, 0.25) is 0 Å². The summed E-state index contributed by atoms with van der Waals surface area (Å²) in [5.41, 5.74) is -0.997. The van der Waals surface area contributed by atoms with E-state index in [1.807, 2.05) is 0 Å². The Morgan fingerprint density at radius 1 is 1.40 bits per heavy atom. The smallest absolute Gasteiger partial charge is 0.422 e. The minimum Gasteiger partial charge on any atom is -0.464 e. The Morgan fingerprint density at radius 2 is 2.00 bits per heavy atom. The summed E-state index contributed by atoms with van der Waals surface area (Å²) >= 11 is 2.62. The number of rotatable bonds is 1. The van der Waals surface area contributed by atoms with Crippen molar-refractivity contribution >= 4 is 27.9 Å². The molecule has 0 aromatic heterocycles. The van der Waals surface area contributed by atoms with Crippen LogP contribution in [0.4, 0.5) is 23.7 Å². The molecule has 1 amide bonds. The number of carbonyl (C=O) groups is 1. The number of halogens is 4. The molecule has 0 aliphatic rings. The molecule has 1 N–H and O–H groups in total. The Kier molecular flexibility index (Phi) is 3.23. The van der Waals surface area contributed by atoms with Gasteiger partial charge in [0, 0.05) is 0 Å². The fourth-order valence-corrected chi connectivity index (χ4v) is 1.14. The van der Waals surface area contributed by atoms with Crippen LogP contribution >= 0.6 is 16.1 Å². The van der Waals surface area contributed by atoms with E-state index >= 15 is 0 Å². The number of hydrogen-bond acceptors (Lipinski definition) is 1. The van der Waals surface area contributed by atoms with Gasteiger partial charge in [-0.15, -0.1) is 0 Å². The molecule has 7 heteroatoms. The van der Waals surface area contributed by atoms with Crippen LogP contribution in [0, 0.1) is 0 Å². The Hall–Kier alpha value is -1.24. The molecule has 0 saturated heterocycles. The van der Waals surface area contributed by atoms with Crippen molar-refractivity contribution in [2.24, 2.45) is 0 Å². The van der Waals surface area contributed by atoms with Crippen LogP contribution in [0.25, 0.3) is 0 Å². The van der Waals surface area contributed by atoms with Crippen LogP contribution in [0.5, 0.6) is 0 Å². The summed E-state index contributed by atoms with van der Waals surface area (Å²) in [6.45, 7) is 0. The molecule has 0 aliphatic carbocycles. The van der Waals surface area contributed by atoms with Gasteiger partial charge in [-0.2, -0.15) is 13.2 Å². The lowest BCUT2D eigenvalue weighted by Gasteiger charge is -2.12. The summed E-state index contributed by atoms with van der Waals surface area (Å²) in [6.07, 6.45) is -5.88. The highest BCUT2D eigenvalue weighted by atomic mass is 79.9. The van der Waals surface area contributed by atoms with Gasteiger partial charge in [0.1, 0.15) is 0 Å². The topological polar surface area (TPSA) is 40.5 Å². The van der Waals surface area contributed by atoms with Gasteiger partial charge >= 0.3 is 12.3 Å². The molecule has 1 aromatic carbocycles. The van der Waals surface area contributed by atoms with E-state index in [9.17, 15) is 18.0 Å². The van der Waals surface area contributed by atoms with E-state index in [0.717, 1.165) is 18.2 Å². The van der Waals surface area contributed by atoms with E-state index in [2.05, 4.69) is 16.1 Å². The van der Waals surface area contributed by atoms with E-state index in [-0.39, 0.29) is 5.69 Å². The van der Waals surface area contributed by atoms with Gasteiger partial charge in [0.25, 0.3) is 0 Å². The average Bonchev–Trinajstić information content (AvgIpc) is 2.15. The molecule has 0 atom stereocenters. The first-order chi connectivity index (χ1) is 6.82. The largest absolute Gasteiger partial charge is 0.464 e. The highest BCUT2D eigenvalue weighted by Crippen LogP contribution is 2.32. The van der Waals surface area contributed by atoms with E-state index in [0.29, 0.717) is 3.93 Å². The number of hydrogen-bond donors (Lipinski definition) is 1. The van der Waals surface area contributed by atoms with Crippen LogP contribution in [-0.2, 0) is 6.18 Å². The normalized spacial score (nSPS) is 11.2. The van der Waals surface area contributed by atoms with E-state index in [4.69, 9.17) is 5.11 Å². The van der Waals surface area contributed by atoms with Crippen molar-refractivity contribution in [1.82, 2.24) is 0 Å². The van der Waals surface area contributed by atoms with Crippen molar-refractivity contribution in [1.29, 1.82) is 0 Å². The lowest BCUT2D eigenvalue weighted by molar-refractivity contribution is -0.137. The Labute approximate surface area is 91.5 Å². The quantitative estimate of drug-likeness (QED) is 0.802. The number of carboxylic acid groups (broad SMARTS) is 1. The number of amides is 1. The molecular formula is C8H5BrF3NO2. The number of nitrogens with zero attached hydrogens (tertiary/aromatic N) is 1. The minimum atomic E-state index is -4.48. The maximum Gasteiger partial charge on any atom is 0.422 e. The van der Waals surface area contributed by atoms with Crippen LogP contribution in [0.2, 0.25) is 0 Å². The average molecular weight is 284 g/mol. The van der Waals surface area contributed by atoms with E-state index < -0.39 is 17.8 Å². The molecule has 0 bridgehead atoms. The molecule has 1 rings (SSSR count). The second-order valence-corrected chi connectivity index (χ2v) is 3.32. The predicted octanol–water partition coefficient (Wildman–Crippen LogP) is 3.50. The monoisotopic (exact) mass is 283 g/mol. The summed E-state index contributed by atoms with van der Waals surface area (Å²) in [7, 11) is 0.